The van der Waals surface area contributed by atoms with Gasteiger partial charge in [0.2, 0.25) is 5.91 Å². The van der Waals surface area contributed by atoms with E-state index in [9.17, 15) is 9.59 Å². The van der Waals surface area contributed by atoms with Crippen LogP contribution in [0.15, 0.2) is 64.7 Å². The maximum Gasteiger partial charge on any atom is 0.287 e. The van der Waals surface area contributed by atoms with Gasteiger partial charge in [-0.05, 0) is 43.7 Å². The van der Waals surface area contributed by atoms with E-state index < -0.39 is 0 Å². The van der Waals surface area contributed by atoms with E-state index in [2.05, 4.69) is 10.3 Å². The fraction of sp³-hybridized carbons (Fsp3) is 0.150. The van der Waals surface area contributed by atoms with Crippen molar-refractivity contribution >= 4 is 35.0 Å². The molecule has 138 valence electrons. The van der Waals surface area contributed by atoms with Crippen molar-refractivity contribution in [1.82, 2.24) is 9.55 Å². The van der Waals surface area contributed by atoms with Gasteiger partial charge < -0.3 is 5.32 Å². The first-order chi connectivity index (χ1) is 12.9. The highest BCUT2D eigenvalue weighted by Gasteiger charge is 2.11. The molecule has 1 N–H and O–H groups in total. The molecule has 1 amide bonds. The summed E-state index contributed by atoms with van der Waals surface area (Å²) < 4.78 is 1.46. The summed E-state index contributed by atoms with van der Waals surface area (Å²) in [4.78, 5) is 29.0. The first-order valence-corrected chi connectivity index (χ1v) is 9.64. The molecule has 1 aromatic heterocycles. The van der Waals surface area contributed by atoms with Crippen molar-refractivity contribution in [2.45, 2.75) is 18.9 Å². The van der Waals surface area contributed by atoms with Crippen LogP contribution < -0.4 is 10.9 Å². The Labute approximate surface area is 166 Å². The molecule has 7 heteroatoms. The molecule has 5 nitrogen and oxygen atoms in total. The summed E-state index contributed by atoms with van der Waals surface area (Å²) in [5.74, 6) is -0.0962. The van der Waals surface area contributed by atoms with Gasteiger partial charge in [0.1, 0.15) is 0 Å². The number of carbonyl (C=O) groups excluding carboxylic acids is 1. The lowest BCUT2D eigenvalue weighted by Crippen LogP contribution is -2.22. The van der Waals surface area contributed by atoms with Gasteiger partial charge >= 0.3 is 0 Å². The van der Waals surface area contributed by atoms with Gasteiger partial charge in [0.25, 0.3) is 5.56 Å². The summed E-state index contributed by atoms with van der Waals surface area (Å²) in [6.07, 6.45) is 3.11. The third-order valence-corrected chi connectivity index (χ3v) is 5.09. The number of aryl methyl sites for hydroxylation is 2. The first kappa shape index (κ1) is 19.2. The fourth-order valence-corrected chi connectivity index (χ4v) is 3.48. The van der Waals surface area contributed by atoms with Gasteiger partial charge in [-0.15, -0.1) is 0 Å². The second-order valence-corrected chi connectivity index (χ2v) is 7.44. The number of aromatic nitrogens is 2. The predicted octanol–water partition coefficient (Wildman–Crippen LogP) is 4.23. The Morgan fingerprint density at radius 1 is 1.22 bits per heavy atom. The van der Waals surface area contributed by atoms with E-state index in [1.807, 2.05) is 32.0 Å². The number of benzene rings is 2. The number of amides is 1. The number of hydrogen-bond acceptors (Lipinski definition) is 4. The van der Waals surface area contributed by atoms with E-state index in [-0.39, 0.29) is 22.2 Å². The highest BCUT2D eigenvalue weighted by Crippen LogP contribution is 2.18. The number of carbonyl (C=O) groups is 1. The minimum Gasteiger partial charge on any atom is -0.325 e. The molecular weight excluding hydrogens is 382 g/mol. The van der Waals surface area contributed by atoms with E-state index in [4.69, 9.17) is 11.6 Å². The lowest BCUT2D eigenvalue weighted by molar-refractivity contribution is -0.113. The molecule has 0 aliphatic heterocycles. The second-order valence-electron chi connectivity index (χ2n) is 6.04. The van der Waals surface area contributed by atoms with Gasteiger partial charge in [-0.3, -0.25) is 14.2 Å². The van der Waals surface area contributed by atoms with Crippen LogP contribution in [0.2, 0.25) is 5.02 Å². The number of nitrogens with zero attached hydrogens (tertiary/aromatic N) is 2. The zero-order valence-corrected chi connectivity index (χ0v) is 16.5. The summed E-state index contributed by atoms with van der Waals surface area (Å²) >= 11 is 7.11. The van der Waals surface area contributed by atoms with Gasteiger partial charge in [0.15, 0.2) is 5.03 Å². The van der Waals surface area contributed by atoms with Crippen molar-refractivity contribution in [3.05, 3.63) is 81.4 Å². The molecule has 0 radical (unpaired) electrons. The van der Waals surface area contributed by atoms with Gasteiger partial charge in [-0.2, -0.15) is 0 Å². The molecule has 1 heterocycles. The summed E-state index contributed by atoms with van der Waals surface area (Å²) in [5, 5.41) is 3.66. The molecule has 0 spiro atoms. The molecule has 27 heavy (non-hydrogen) atoms. The molecule has 3 aromatic rings. The van der Waals surface area contributed by atoms with E-state index >= 15 is 0 Å². The van der Waals surface area contributed by atoms with Crippen LogP contribution in [0.3, 0.4) is 0 Å². The van der Waals surface area contributed by atoms with Crippen LogP contribution in [0, 0.1) is 13.8 Å². The molecule has 0 saturated carbocycles. The smallest absolute Gasteiger partial charge is 0.287 e. The van der Waals surface area contributed by atoms with Gasteiger partial charge in [0, 0.05) is 23.1 Å². The van der Waals surface area contributed by atoms with E-state index in [1.165, 1.54) is 10.8 Å². The van der Waals surface area contributed by atoms with Crippen molar-refractivity contribution in [2.75, 3.05) is 11.1 Å². The topological polar surface area (TPSA) is 64.0 Å². The molecule has 0 saturated heterocycles. The Balaban J connectivity index is 1.72. The average Bonchev–Trinajstić information content (AvgIpc) is 2.63. The van der Waals surface area contributed by atoms with Crippen LogP contribution in [-0.4, -0.2) is 21.2 Å². The van der Waals surface area contributed by atoms with Crippen molar-refractivity contribution in [1.29, 1.82) is 0 Å². The Morgan fingerprint density at radius 2 is 2.04 bits per heavy atom. The second kappa shape index (κ2) is 8.41. The standard InChI is InChI=1S/C20H18ClN3O2S/c1-13-6-7-17(14(2)10-13)23-18(25)12-27-19-20(26)24(9-8-22-19)16-5-3-4-15(21)11-16/h3-11H,12H2,1-2H3,(H,23,25). The molecule has 0 aliphatic carbocycles. The van der Waals surface area contributed by atoms with Crippen LogP contribution in [0.4, 0.5) is 5.69 Å². The monoisotopic (exact) mass is 399 g/mol. The normalized spacial score (nSPS) is 10.6. The maximum atomic E-state index is 12.6. The fourth-order valence-electron chi connectivity index (χ4n) is 2.60. The highest BCUT2D eigenvalue weighted by atomic mass is 35.5. The van der Waals surface area contributed by atoms with Crippen LogP contribution in [0.25, 0.3) is 5.69 Å². The molecule has 0 fully saturated rings. The van der Waals surface area contributed by atoms with Crippen LogP contribution in [0.5, 0.6) is 0 Å². The molecule has 0 unspecified atom stereocenters. The number of thioether (sulfide) groups is 1. The number of halogens is 1. The number of hydrogen-bond donors (Lipinski definition) is 1. The molecule has 3 rings (SSSR count). The van der Waals surface area contributed by atoms with E-state index in [1.54, 1.807) is 30.5 Å². The number of anilines is 1. The minimum absolute atomic E-state index is 0.0924. The average molecular weight is 400 g/mol. The zero-order chi connectivity index (χ0) is 19.4. The maximum absolute atomic E-state index is 12.6. The molecular formula is C20H18ClN3O2S. The first-order valence-electron chi connectivity index (χ1n) is 8.27. The Kier molecular flexibility index (Phi) is 5.98. The zero-order valence-electron chi connectivity index (χ0n) is 14.9. The quantitative estimate of drug-likeness (QED) is 0.652. The Morgan fingerprint density at radius 3 is 2.78 bits per heavy atom. The minimum atomic E-state index is -0.288. The highest BCUT2D eigenvalue weighted by molar-refractivity contribution is 7.99. The predicted molar refractivity (Wildman–Crippen MR) is 110 cm³/mol. The van der Waals surface area contributed by atoms with Crippen molar-refractivity contribution in [3.63, 3.8) is 0 Å². The lowest BCUT2D eigenvalue weighted by Gasteiger charge is -2.10. The molecule has 0 aliphatic rings. The van der Waals surface area contributed by atoms with Gasteiger partial charge in [0.05, 0.1) is 11.4 Å². The number of rotatable bonds is 5. The van der Waals surface area contributed by atoms with Crippen molar-refractivity contribution < 1.29 is 4.79 Å². The van der Waals surface area contributed by atoms with Crippen LogP contribution >= 0.6 is 23.4 Å². The van der Waals surface area contributed by atoms with Gasteiger partial charge in [-0.25, -0.2) is 4.98 Å². The molecule has 2 aromatic carbocycles. The Hall–Kier alpha value is -2.57. The van der Waals surface area contributed by atoms with Crippen molar-refractivity contribution in [2.24, 2.45) is 0 Å². The van der Waals surface area contributed by atoms with Gasteiger partial charge in [-0.1, -0.05) is 47.1 Å². The largest absolute Gasteiger partial charge is 0.325 e. The van der Waals surface area contributed by atoms with E-state index in [0.717, 1.165) is 28.6 Å². The third-order valence-electron chi connectivity index (χ3n) is 3.89. The SMILES string of the molecule is Cc1ccc(NC(=O)CSc2nccn(-c3cccc(Cl)c3)c2=O)c(C)c1. The van der Waals surface area contributed by atoms with E-state index in [0.29, 0.717) is 10.7 Å². The Bertz CT molecular complexity index is 1050. The summed E-state index contributed by atoms with van der Waals surface area (Å²) in [6.45, 7) is 3.94. The van der Waals surface area contributed by atoms with Crippen molar-refractivity contribution in [3.8, 4) is 5.69 Å². The lowest BCUT2D eigenvalue weighted by atomic mass is 10.1. The molecule has 0 bridgehead atoms. The molecule has 0 atom stereocenters. The number of nitrogens with one attached hydrogen (secondary N) is 1. The third kappa shape index (κ3) is 4.78. The summed E-state index contributed by atoms with van der Waals surface area (Å²) in [7, 11) is 0. The van der Waals surface area contributed by atoms with Crippen LogP contribution in [0.1, 0.15) is 11.1 Å². The summed E-state index contributed by atoms with van der Waals surface area (Å²) in [6, 6.07) is 12.8. The summed E-state index contributed by atoms with van der Waals surface area (Å²) in [5.41, 5.74) is 3.26. The van der Waals surface area contributed by atoms with Crippen LogP contribution in [-0.2, 0) is 4.79 Å².